The monoisotopic (exact) mass is 622 g/mol. The van der Waals surface area contributed by atoms with Crippen LogP contribution in [0.1, 0.15) is 85.5 Å². The van der Waals surface area contributed by atoms with Gasteiger partial charge in [-0.1, -0.05) is 39.3 Å². The maximum atomic E-state index is 12.8. The fourth-order valence-electron chi connectivity index (χ4n) is 11.2. The molecule has 10 heteroatoms. The highest BCUT2D eigenvalue weighted by atomic mass is 16.7. The summed E-state index contributed by atoms with van der Waals surface area (Å²) in [6.45, 7) is 7.98. The van der Waals surface area contributed by atoms with Gasteiger partial charge in [-0.25, -0.2) is 0 Å². The van der Waals surface area contributed by atoms with Crippen LogP contribution in [0.4, 0.5) is 0 Å². The van der Waals surface area contributed by atoms with Crippen LogP contribution >= 0.6 is 0 Å². The van der Waals surface area contributed by atoms with Crippen molar-refractivity contribution >= 4 is 5.97 Å². The maximum absolute atomic E-state index is 12.8. The van der Waals surface area contributed by atoms with E-state index in [-0.39, 0.29) is 41.1 Å². The van der Waals surface area contributed by atoms with Crippen LogP contribution in [0, 0.1) is 51.2 Å². The normalized spacial score (nSPS) is 53.4. The zero-order chi connectivity index (χ0) is 32.0. The number of rotatable bonds is 5. The van der Waals surface area contributed by atoms with E-state index < -0.39 is 66.3 Å². The molecular weight excluding hydrogens is 568 g/mol. The smallest absolute Gasteiger partial charge is 0.310 e. The van der Waals surface area contributed by atoms with E-state index in [0.29, 0.717) is 18.8 Å². The minimum absolute atomic E-state index is 0.0286. The van der Waals surface area contributed by atoms with Gasteiger partial charge in [0.05, 0.1) is 30.8 Å². The Hall–Kier alpha value is -1.11. The molecule has 250 valence electrons. The molecule has 0 amide bonds. The zero-order valence-electron chi connectivity index (χ0n) is 26.6. The molecule has 0 aromatic rings. The fraction of sp³-hybridized carbons (Fsp3) is 0.912. The average Bonchev–Trinajstić information content (AvgIpc) is 2.98. The van der Waals surface area contributed by atoms with E-state index in [1.54, 1.807) is 0 Å². The predicted molar refractivity (Wildman–Crippen MR) is 159 cm³/mol. The number of allylic oxidation sites excluding steroid dienone is 2. The van der Waals surface area contributed by atoms with Crippen molar-refractivity contribution in [3.05, 3.63) is 11.6 Å². The second-order valence-electron chi connectivity index (χ2n) is 16.5. The summed E-state index contributed by atoms with van der Waals surface area (Å²) in [4.78, 5) is 12.8. The highest BCUT2D eigenvalue weighted by Gasteiger charge is 2.65. The Morgan fingerprint density at radius 1 is 0.932 bits per heavy atom. The van der Waals surface area contributed by atoms with Crippen LogP contribution in [0.2, 0.25) is 0 Å². The first-order valence-corrected chi connectivity index (χ1v) is 16.8. The van der Waals surface area contributed by atoms with E-state index in [4.69, 9.17) is 9.47 Å². The lowest BCUT2D eigenvalue weighted by molar-refractivity contribution is -0.338. The maximum Gasteiger partial charge on any atom is 0.310 e. The molecule has 4 saturated carbocycles. The van der Waals surface area contributed by atoms with Crippen molar-refractivity contribution < 1.29 is 50.0 Å². The number of fused-ring (bicyclic) bond motifs is 7. The number of hydrogen-bond acceptors (Lipinski definition) is 9. The Bertz CT molecular complexity index is 1140. The summed E-state index contributed by atoms with van der Waals surface area (Å²) >= 11 is 0. The number of carboxylic acid groups (broad SMARTS) is 1. The van der Waals surface area contributed by atoms with E-state index in [0.717, 1.165) is 44.9 Å². The Morgan fingerprint density at radius 2 is 1.61 bits per heavy atom. The molecule has 5 aliphatic carbocycles. The first-order chi connectivity index (χ1) is 20.6. The lowest BCUT2D eigenvalue weighted by Crippen LogP contribution is -2.65. The number of carboxylic acids is 1. The van der Waals surface area contributed by atoms with Crippen LogP contribution in [0.3, 0.4) is 0 Å². The van der Waals surface area contributed by atoms with E-state index in [1.165, 1.54) is 5.57 Å². The molecule has 10 nitrogen and oxygen atoms in total. The van der Waals surface area contributed by atoms with Crippen LogP contribution in [-0.4, -0.2) is 97.8 Å². The van der Waals surface area contributed by atoms with Crippen molar-refractivity contribution in [3.8, 4) is 0 Å². The van der Waals surface area contributed by atoms with E-state index in [2.05, 4.69) is 26.8 Å². The molecule has 5 fully saturated rings. The number of aliphatic carboxylic acids is 1. The molecule has 1 aliphatic heterocycles. The van der Waals surface area contributed by atoms with Gasteiger partial charge in [-0.05, 0) is 98.2 Å². The SMILES string of the molecule is CC1(C)CC[C@]2(C(=O)O)CC[C@]3(C)C(=CCC4C5C[C@H](O)[C@H](OC6OC(CO)C(O)C(O)C6O)[C@@](C)(CO)C5CCC43)C2C1. The second-order valence-corrected chi connectivity index (χ2v) is 16.5. The van der Waals surface area contributed by atoms with Gasteiger partial charge in [0, 0.05) is 5.41 Å². The van der Waals surface area contributed by atoms with Crippen molar-refractivity contribution in [2.24, 2.45) is 51.2 Å². The summed E-state index contributed by atoms with van der Waals surface area (Å²) in [7, 11) is 0. The number of ether oxygens (including phenoxy) is 2. The third-order valence-corrected chi connectivity index (χ3v) is 13.9. The number of aliphatic hydroxyl groups excluding tert-OH is 6. The highest BCUT2D eigenvalue weighted by molar-refractivity contribution is 5.76. The molecule has 1 heterocycles. The van der Waals surface area contributed by atoms with Crippen molar-refractivity contribution in [1.82, 2.24) is 0 Å². The molecule has 0 spiro atoms. The molecule has 10 unspecified atom stereocenters. The highest BCUT2D eigenvalue weighted by Crippen LogP contribution is 2.69. The molecule has 15 atom stereocenters. The average molecular weight is 623 g/mol. The summed E-state index contributed by atoms with van der Waals surface area (Å²) < 4.78 is 11.8. The van der Waals surface area contributed by atoms with E-state index in [9.17, 15) is 40.5 Å². The Balaban J connectivity index is 1.27. The van der Waals surface area contributed by atoms with Gasteiger partial charge in [0.2, 0.25) is 0 Å². The summed E-state index contributed by atoms with van der Waals surface area (Å²) in [5.74, 6) is 0.187. The van der Waals surface area contributed by atoms with Crippen molar-refractivity contribution in [3.63, 3.8) is 0 Å². The Morgan fingerprint density at radius 3 is 2.27 bits per heavy atom. The van der Waals surface area contributed by atoms with Crippen LogP contribution in [-0.2, 0) is 14.3 Å². The molecule has 6 rings (SSSR count). The lowest BCUT2D eigenvalue weighted by atomic mass is 9.40. The van der Waals surface area contributed by atoms with Gasteiger partial charge < -0.3 is 45.2 Å². The van der Waals surface area contributed by atoms with Gasteiger partial charge in [0.15, 0.2) is 6.29 Å². The van der Waals surface area contributed by atoms with Gasteiger partial charge in [0.1, 0.15) is 24.4 Å². The van der Waals surface area contributed by atoms with E-state index >= 15 is 0 Å². The van der Waals surface area contributed by atoms with Crippen molar-refractivity contribution in [2.75, 3.05) is 13.2 Å². The minimum atomic E-state index is -1.59. The molecule has 6 aliphatic rings. The van der Waals surface area contributed by atoms with Gasteiger partial charge in [-0.3, -0.25) is 4.79 Å². The van der Waals surface area contributed by atoms with Gasteiger partial charge >= 0.3 is 5.97 Å². The van der Waals surface area contributed by atoms with Gasteiger partial charge in [0.25, 0.3) is 0 Å². The molecule has 1 saturated heterocycles. The van der Waals surface area contributed by atoms with E-state index in [1.807, 2.05) is 6.92 Å². The zero-order valence-corrected chi connectivity index (χ0v) is 26.6. The van der Waals surface area contributed by atoms with Crippen LogP contribution < -0.4 is 0 Å². The molecule has 0 aromatic carbocycles. The van der Waals surface area contributed by atoms with Crippen molar-refractivity contribution in [1.29, 1.82) is 0 Å². The predicted octanol–water partition coefficient (Wildman–Crippen LogP) is 2.22. The largest absolute Gasteiger partial charge is 0.481 e. The summed E-state index contributed by atoms with van der Waals surface area (Å²) in [5.41, 5.74) is -0.200. The third-order valence-electron chi connectivity index (χ3n) is 13.9. The van der Waals surface area contributed by atoms with Crippen LogP contribution in [0.25, 0.3) is 0 Å². The minimum Gasteiger partial charge on any atom is -0.481 e. The quantitative estimate of drug-likeness (QED) is 0.178. The summed E-state index contributed by atoms with van der Waals surface area (Å²) in [6, 6.07) is 0. The Kier molecular flexibility index (Phi) is 8.39. The standard InChI is InChI=1S/C34H54O10/c1-31(2)9-11-34(30(41)42)12-10-32(3)19-7-8-20-18(17(19)5-6-21(32)22(34)14-31)13-23(37)28(33(20,4)16-36)44-29-27(40)26(39)25(38)24(15-35)43-29/h6,17-20,22-29,35-40H,5,7-16H2,1-4H3,(H,41,42)/t17?,18?,19?,20?,22?,23-,24?,25?,26?,27?,28-,29?,32-,33-,34-/m0/s1. The van der Waals surface area contributed by atoms with Crippen LogP contribution in [0.15, 0.2) is 11.6 Å². The molecule has 0 aromatic heterocycles. The fourth-order valence-corrected chi connectivity index (χ4v) is 11.2. The number of carbonyl (C=O) groups is 1. The third kappa shape index (κ3) is 4.76. The van der Waals surface area contributed by atoms with Crippen LogP contribution in [0.5, 0.6) is 0 Å². The van der Waals surface area contributed by atoms with Crippen molar-refractivity contribution in [2.45, 2.75) is 128 Å². The van der Waals surface area contributed by atoms with Gasteiger partial charge in [-0.15, -0.1) is 0 Å². The molecule has 7 N–H and O–H groups in total. The summed E-state index contributed by atoms with van der Waals surface area (Å²) in [6.07, 6.45) is 0.430. The molecular formula is C34H54O10. The molecule has 44 heavy (non-hydrogen) atoms. The first kappa shape index (κ1) is 32.8. The topological polar surface area (TPSA) is 177 Å². The first-order valence-electron chi connectivity index (χ1n) is 16.8. The molecule has 0 bridgehead atoms. The number of aliphatic hydroxyl groups is 6. The molecule has 0 radical (unpaired) electrons. The number of hydrogen-bond donors (Lipinski definition) is 7. The Labute approximate surface area is 260 Å². The lowest BCUT2D eigenvalue weighted by Gasteiger charge is -2.64. The van der Waals surface area contributed by atoms with Gasteiger partial charge in [-0.2, -0.15) is 0 Å². The summed E-state index contributed by atoms with van der Waals surface area (Å²) in [5, 5.41) is 73.8. The second kappa shape index (κ2) is 11.3.